The monoisotopic (exact) mass is 285 g/mol. The molecule has 1 atom stereocenters. The molecule has 0 spiro atoms. The van der Waals surface area contributed by atoms with E-state index in [0.29, 0.717) is 22.8 Å². The van der Waals surface area contributed by atoms with Crippen molar-refractivity contribution in [3.63, 3.8) is 0 Å². The minimum atomic E-state index is -0.902. The molecule has 1 aromatic rings. The van der Waals surface area contributed by atoms with Gasteiger partial charge in [0.2, 0.25) is 0 Å². The Morgan fingerprint density at radius 2 is 2.05 bits per heavy atom. The summed E-state index contributed by atoms with van der Waals surface area (Å²) >= 11 is 1.40. The molecule has 0 saturated carbocycles. The van der Waals surface area contributed by atoms with Gasteiger partial charge in [0.1, 0.15) is 11.6 Å². The number of hydrogen-bond acceptors (Lipinski definition) is 4. The number of ether oxygens (including phenoxy) is 1. The van der Waals surface area contributed by atoms with E-state index in [1.807, 2.05) is 0 Å². The second-order valence-corrected chi connectivity index (χ2v) is 5.56. The number of hydrogen-bond donors (Lipinski definition) is 0. The molecule has 0 N–H and O–H groups in total. The van der Waals surface area contributed by atoms with Gasteiger partial charge in [-0.2, -0.15) is 0 Å². The molecule has 0 radical (unpaired) electrons. The average Bonchev–Trinajstić information content (AvgIpc) is 2.69. The van der Waals surface area contributed by atoms with Gasteiger partial charge in [-0.1, -0.05) is 0 Å². The molecular weight excluding hydrogens is 272 g/mol. The van der Waals surface area contributed by atoms with E-state index in [0.717, 1.165) is 6.07 Å². The summed E-state index contributed by atoms with van der Waals surface area (Å²) in [5.41, 5.74) is -0.404. The molecule has 0 aliphatic carbocycles. The van der Waals surface area contributed by atoms with E-state index in [4.69, 9.17) is 4.74 Å². The van der Waals surface area contributed by atoms with Gasteiger partial charge in [0.25, 0.3) is 0 Å². The first-order chi connectivity index (χ1) is 8.93. The van der Waals surface area contributed by atoms with Crippen molar-refractivity contribution in [1.82, 2.24) is 0 Å². The summed E-state index contributed by atoms with van der Waals surface area (Å²) in [6, 6.07) is 3.35. The Morgan fingerprint density at radius 1 is 1.42 bits per heavy atom. The number of thioether (sulfide) groups is 1. The van der Waals surface area contributed by atoms with Crippen LogP contribution in [-0.2, 0) is 16.0 Å². The summed E-state index contributed by atoms with van der Waals surface area (Å²) in [5, 5.41) is 0.679. The van der Waals surface area contributed by atoms with Crippen molar-refractivity contribution in [3.05, 3.63) is 35.4 Å². The van der Waals surface area contributed by atoms with Gasteiger partial charge in [-0.05, 0) is 24.6 Å². The minimum Gasteiger partial charge on any atom is -0.467 e. The third-order valence-corrected chi connectivity index (χ3v) is 4.07. The van der Waals surface area contributed by atoms with Crippen molar-refractivity contribution in [2.75, 3.05) is 12.9 Å². The van der Waals surface area contributed by atoms with Gasteiger partial charge in [-0.3, -0.25) is 4.99 Å². The van der Waals surface area contributed by atoms with Crippen LogP contribution < -0.4 is 0 Å². The summed E-state index contributed by atoms with van der Waals surface area (Å²) in [7, 11) is 1.31. The van der Waals surface area contributed by atoms with Crippen LogP contribution in [0, 0.1) is 11.6 Å². The van der Waals surface area contributed by atoms with Crippen LogP contribution in [0.3, 0.4) is 0 Å². The lowest BCUT2D eigenvalue weighted by Crippen LogP contribution is -2.34. The molecule has 1 heterocycles. The van der Waals surface area contributed by atoms with Crippen molar-refractivity contribution in [1.29, 1.82) is 0 Å². The normalized spacial score (nSPS) is 22.2. The van der Waals surface area contributed by atoms with Gasteiger partial charge < -0.3 is 4.74 Å². The van der Waals surface area contributed by atoms with Crippen LogP contribution >= 0.6 is 11.8 Å². The first-order valence-electron chi connectivity index (χ1n) is 5.68. The Hall–Kier alpha value is -1.43. The number of carbonyl (C=O) groups excluding carboxylic acids is 1. The second kappa shape index (κ2) is 5.28. The quantitative estimate of drug-likeness (QED) is 0.801. The molecule has 0 aromatic heterocycles. The van der Waals surface area contributed by atoms with E-state index in [9.17, 15) is 13.6 Å². The Balaban J connectivity index is 2.16. The Kier molecular flexibility index (Phi) is 3.89. The standard InChI is InChI=1S/C13H13F2NO2S/c1-13(12(17)18-2)7-19-11(16-13)5-8-3-9(14)6-10(15)4-8/h3-4,6H,5,7H2,1-2H3/t13-/m0/s1. The molecule has 19 heavy (non-hydrogen) atoms. The molecule has 1 aliphatic rings. The lowest BCUT2D eigenvalue weighted by molar-refractivity contribution is -0.145. The van der Waals surface area contributed by atoms with Crippen molar-refractivity contribution < 1.29 is 18.3 Å². The van der Waals surface area contributed by atoms with Crippen LogP contribution in [0.15, 0.2) is 23.2 Å². The highest BCUT2D eigenvalue weighted by molar-refractivity contribution is 8.14. The third-order valence-electron chi connectivity index (χ3n) is 2.79. The van der Waals surface area contributed by atoms with Crippen LogP contribution in [0.2, 0.25) is 0 Å². The van der Waals surface area contributed by atoms with Crippen LogP contribution in [0.5, 0.6) is 0 Å². The maximum absolute atomic E-state index is 13.1. The van der Waals surface area contributed by atoms with Crippen molar-refractivity contribution >= 4 is 22.8 Å². The zero-order valence-electron chi connectivity index (χ0n) is 10.6. The molecule has 0 fully saturated rings. The average molecular weight is 285 g/mol. The van der Waals surface area contributed by atoms with Gasteiger partial charge in [0.05, 0.1) is 12.2 Å². The summed E-state index contributed by atoms with van der Waals surface area (Å²) in [6.45, 7) is 1.69. The molecule has 1 aliphatic heterocycles. The molecule has 0 amide bonds. The van der Waals surface area contributed by atoms with Crippen LogP contribution in [0.4, 0.5) is 8.78 Å². The van der Waals surface area contributed by atoms with Gasteiger partial charge in [-0.15, -0.1) is 11.8 Å². The summed E-state index contributed by atoms with van der Waals surface area (Å²) in [5.74, 6) is -1.16. The highest BCUT2D eigenvalue weighted by Crippen LogP contribution is 2.30. The van der Waals surface area contributed by atoms with E-state index >= 15 is 0 Å². The molecule has 0 bridgehead atoms. The molecule has 6 heteroatoms. The largest absolute Gasteiger partial charge is 0.467 e. The maximum atomic E-state index is 13.1. The fourth-order valence-corrected chi connectivity index (χ4v) is 3.03. The lowest BCUT2D eigenvalue weighted by atomic mass is 10.1. The first-order valence-corrected chi connectivity index (χ1v) is 6.66. The lowest BCUT2D eigenvalue weighted by Gasteiger charge is -2.15. The van der Waals surface area contributed by atoms with Crippen LogP contribution in [-0.4, -0.2) is 29.4 Å². The molecule has 0 unspecified atom stereocenters. The number of methoxy groups -OCH3 is 1. The number of halogens is 2. The van der Waals surface area contributed by atoms with E-state index in [2.05, 4.69) is 4.99 Å². The molecule has 102 valence electrons. The molecule has 1 aromatic carbocycles. The maximum Gasteiger partial charge on any atom is 0.334 e. The minimum absolute atomic E-state index is 0.311. The zero-order chi connectivity index (χ0) is 14.0. The number of nitrogens with zero attached hydrogens (tertiary/aromatic N) is 1. The third kappa shape index (κ3) is 3.12. The first kappa shape index (κ1) is 14.0. The van der Waals surface area contributed by atoms with Crippen LogP contribution in [0.1, 0.15) is 12.5 Å². The predicted molar refractivity (Wildman–Crippen MR) is 70.4 cm³/mol. The molecule has 0 saturated heterocycles. The highest BCUT2D eigenvalue weighted by Gasteiger charge is 2.39. The number of esters is 1. The van der Waals surface area contributed by atoms with E-state index < -0.39 is 23.1 Å². The molecular formula is C13H13F2NO2S. The van der Waals surface area contributed by atoms with Gasteiger partial charge in [-0.25, -0.2) is 13.6 Å². The van der Waals surface area contributed by atoms with Gasteiger partial charge in [0.15, 0.2) is 5.54 Å². The van der Waals surface area contributed by atoms with Crippen molar-refractivity contribution in [2.45, 2.75) is 18.9 Å². The summed E-state index contributed by atoms with van der Waals surface area (Å²) in [6.07, 6.45) is 0.311. The summed E-state index contributed by atoms with van der Waals surface area (Å²) in [4.78, 5) is 15.9. The Labute approximate surface area is 114 Å². The predicted octanol–water partition coefficient (Wildman–Crippen LogP) is 2.58. The smallest absolute Gasteiger partial charge is 0.334 e. The molecule has 2 rings (SSSR count). The second-order valence-electron chi connectivity index (χ2n) is 4.51. The van der Waals surface area contributed by atoms with Crippen molar-refractivity contribution in [3.8, 4) is 0 Å². The van der Waals surface area contributed by atoms with Crippen LogP contribution in [0.25, 0.3) is 0 Å². The fraction of sp³-hybridized carbons (Fsp3) is 0.385. The molecule has 3 nitrogen and oxygen atoms in total. The number of aliphatic imine (C=N–C) groups is 1. The zero-order valence-corrected chi connectivity index (χ0v) is 11.4. The Bertz CT molecular complexity index is 527. The van der Waals surface area contributed by atoms with E-state index in [1.54, 1.807) is 6.92 Å². The fourth-order valence-electron chi connectivity index (χ4n) is 1.87. The van der Waals surface area contributed by atoms with Crippen molar-refractivity contribution in [2.24, 2.45) is 4.99 Å². The highest BCUT2D eigenvalue weighted by atomic mass is 32.2. The number of benzene rings is 1. The van der Waals surface area contributed by atoms with Gasteiger partial charge >= 0.3 is 5.97 Å². The number of carbonyl (C=O) groups is 1. The van der Waals surface area contributed by atoms with Gasteiger partial charge in [0, 0.05) is 18.2 Å². The van der Waals surface area contributed by atoms with E-state index in [-0.39, 0.29) is 0 Å². The Morgan fingerprint density at radius 3 is 2.63 bits per heavy atom. The topological polar surface area (TPSA) is 38.7 Å². The van der Waals surface area contributed by atoms with E-state index in [1.165, 1.54) is 31.0 Å². The summed E-state index contributed by atoms with van der Waals surface area (Å²) < 4.78 is 30.8. The number of rotatable bonds is 3. The SMILES string of the molecule is COC(=O)[C@]1(C)CSC(Cc2cc(F)cc(F)c2)=N1.